The van der Waals surface area contributed by atoms with Crippen LogP contribution in [0, 0.1) is 13.8 Å². The second-order valence-corrected chi connectivity index (χ2v) is 8.86. The summed E-state index contributed by atoms with van der Waals surface area (Å²) >= 11 is 0. The van der Waals surface area contributed by atoms with Gasteiger partial charge >= 0.3 is 5.97 Å². The molecule has 0 atom stereocenters. The zero-order valence-corrected chi connectivity index (χ0v) is 20.4. The van der Waals surface area contributed by atoms with Crippen LogP contribution in [0.25, 0.3) is 0 Å². The smallest absolute Gasteiger partial charge is 0.325 e. The Morgan fingerprint density at radius 3 is 2.44 bits per heavy atom. The van der Waals surface area contributed by atoms with Crippen molar-refractivity contribution in [2.75, 3.05) is 31.6 Å². The highest BCUT2D eigenvalue weighted by molar-refractivity contribution is 5.93. The summed E-state index contributed by atoms with van der Waals surface area (Å²) < 4.78 is 5.07. The molecule has 1 saturated carbocycles. The Morgan fingerprint density at radius 1 is 1.03 bits per heavy atom. The molecule has 34 heavy (non-hydrogen) atoms. The minimum Gasteiger partial charge on any atom is -0.465 e. The highest BCUT2D eigenvalue weighted by atomic mass is 16.5. The van der Waals surface area contributed by atoms with Gasteiger partial charge in [-0.05, 0) is 56.4 Å². The Balaban J connectivity index is 1.59. The van der Waals surface area contributed by atoms with Crippen molar-refractivity contribution in [3.05, 3.63) is 65.2 Å². The fraction of sp³-hybridized carbons (Fsp3) is 0.444. The van der Waals surface area contributed by atoms with Gasteiger partial charge in [-0.2, -0.15) is 0 Å². The maximum Gasteiger partial charge on any atom is 0.325 e. The lowest BCUT2D eigenvalue weighted by atomic mass is 10.1. The lowest BCUT2D eigenvalue weighted by molar-refractivity contribution is -0.149. The molecular weight excluding hydrogens is 430 g/mol. The first-order valence-electron chi connectivity index (χ1n) is 11.9. The van der Waals surface area contributed by atoms with E-state index in [0.29, 0.717) is 19.1 Å². The van der Waals surface area contributed by atoms with Crippen molar-refractivity contribution in [3.8, 4) is 0 Å². The molecule has 0 aliphatic heterocycles. The summed E-state index contributed by atoms with van der Waals surface area (Å²) in [6.07, 6.45) is 2.29. The van der Waals surface area contributed by atoms with E-state index < -0.39 is 5.97 Å². The lowest BCUT2D eigenvalue weighted by Gasteiger charge is -2.25. The van der Waals surface area contributed by atoms with Crippen molar-refractivity contribution in [1.82, 2.24) is 9.80 Å². The van der Waals surface area contributed by atoms with E-state index in [0.717, 1.165) is 35.2 Å². The number of hydrogen-bond donors (Lipinski definition) is 1. The summed E-state index contributed by atoms with van der Waals surface area (Å²) in [5.74, 6) is -0.628. The number of anilines is 1. The molecule has 182 valence electrons. The molecule has 0 unspecified atom stereocenters. The third-order valence-electron chi connectivity index (χ3n) is 5.88. The molecular formula is C27H35N3O4. The molecule has 1 aliphatic rings. The zero-order valence-electron chi connectivity index (χ0n) is 20.4. The third-order valence-corrected chi connectivity index (χ3v) is 5.88. The van der Waals surface area contributed by atoms with Crippen molar-refractivity contribution in [3.63, 3.8) is 0 Å². The molecule has 0 radical (unpaired) electrons. The summed E-state index contributed by atoms with van der Waals surface area (Å²) in [4.78, 5) is 41.5. The third kappa shape index (κ3) is 7.99. The molecule has 0 heterocycles. The molecule has 0 bridgehead atoms. The van der Waals surface area contributed by atoms with E-state index in [1.54, 1.807) is 6.92 Å². The minimum atomic E-state index is -0.418. The van der Waals surface area contributed by atoms with E-state index in [9.17, 15) is 14.4 Å². The molecule has 0 spiro atoms. The maximum absolute atomic E-state index is 13.1. The average molecular weight is 466 g/mol. The van der Waals surface area contributed by atoms with E-state index in [4.69, 9.17) is 4.74 Å². The van der Waals surface area contributed by atoms with Crippen molar-refractivity contribution >= 4 is 23.5 Å². The number of nitrogens with zero attached hydrogens (tertiary/aromatic N) is 2. The van der Waals surface area contributed by atoms with E-state index in [2.05, 4.69) is 10.2 Å². The van der Waals surface area contributed by atoms with Crippen LogP contribution < -0.4 is 5.32 Å². The topological polar surface area (TPSA) is 79.0 Å². The van der Waals surface area contributed by atoms with Gasteiger partial charge in [0.2, 0.25) is 11.8 Å². The van der Waals surface area contributed by atoms with E-state index in [1.807, 2.05) is 62.4 Å². The number of amides is 2. The van der Waals surface area contributed by atoms with Crippen LogP contribution >= 0.6 is 0 Å². The van der Waals surface area contributed by atoms with Crippen LogP contribution in [0.3, 0.4) is 0 Å². The van der Waals surface area contributed by atoms with Crippen LogP contribution in [0.4, 0.5) is 5.69 Å². The van der Waals surface area contributed by atoms with E-state index in [-0.39, 0.29) is 37.9 Å². The Bertz CT molecular complexity index is 989. The first kappa shape index (κ1) is 25.4. The lowest BCUT2D eigenvalue weighted by Crippen LogP contribution is -2.40. The van der Waals surface area contributed by atoms with Crippen molar-refractivity contribution < 1.29 is 19.1 Å². The molecule has 0 saturated heterocycles. The minimum absolute atomic E-state index is 0.0827. The first-order chi connectivity index (χ1) is 16.4. The van der Waals surface area contributed by atoms with Gasteiger partial charge in [0.25, 0.3) is 0 Å². The fourth-order valence-corrected chi connectivity index (χ4v) is 3.87. The molecule has 1 fully saturated rings. The molecule has 0 aromatic heterocycles. The van der Waals surface area contributed by atoms with Gasteiger partial charge in [-0.1, -0.05) is 42.5 Å². The summed E-state index contributed by atoms with van der Waals surface area (Å²) in [5.41, 5.74) is 3.88. The maximum atomic E-state index is 13.1. The van der Waals surface area contributed by atoms with Gasteiger partial charge < -0.3 is 15.0 Å². The van der Waals surface area contributed by atoms with Gasteiger partial charge in [-0.15, -0.1) is 0 Å². The predicted molar refractivity (Wildman–Crippen MR) is 132 cm³/mol. The number of nitrogens with one attached hydrogen (secondary N) is 1. The molecule has 2 amide bonds. The molecule has 1 N–H and O–H groups in total. The Morgan fingerprint density at radius 2 is 1.76 bits per heavy atom. The number of carbonyl (C=O) groups excluding carboxylic acids is 3. The Kier molecular flexibility index (Phi) is 9.22. The highest BCUT2D eigenvalue weighted by Gasteiger charge is 2.31. The van der Waals surface area contributed by atoms with Gasteiger partial charge in [-0.3, -0.25) is 19.3 Å². The summed E-state index contributed by atoms with van der Waals surface area (Å²) in [6.45, 7) is 6.95. The van der Waals surface area contributed by atoms with Gasteiger partial charge in [-0.25, -0.2) is 0 Å². The number of carbonyl (C=O) groups is 3. The molecule has 1 aliphatic carbocycles. The van der Waals surface area contributed by atoms with E-state index in [1.165, 1.54) is 4.90 Å². The monoisotopic (exact) mass is 465 g/mol. The van der Waals surface area contributed by atoms with Crippen LogP contribution in [0.15, 0.2) is 48.5 Å². The number of benzene rings is 2. The first-order valence-corrected chi connectivity index (χ1v) is 11.9. The van der Waals surface area contributed by atoms with Gasteiger partial charge in [0.05, 0.1) is 13.2 Å². The van der Waals surface area contributed by atoms with Crippen molar-refractivity contribution in [2.45, 2.75) is 52.6 Å². The van der Waals surface area contributed by atoms with Crippen LogP contribution in [0.1, 0.15) is 42.9 Å². The molecule has 7 nitrogen and oxygen atoms in total. The number of ether oxygens (including phenoxy) is 1. The van der Waals surface area contributed by atoms with Crippen LogP contribution in [-0.2, 0) is 25.7 Å². The van der Waals surface area contributed by atoms with Crippen molar-refractivity contribution in [2.24, 2.45) is 0 Å². The highest BCUT2D eigenvalue weighted by Crippen LogP contribution is 2.27. The molecule has 3 rings (SSSR count). The van der Waals surface area contributed by atoms with Crippen LogP contribution in [0.5, 0.6) is 0 Å². The van der Waals surface area contributed by atoms with Gasteiger partial charge in [0.1, 0.15) is 6.54 Å². The number of hydrogen-bond acceptors (Lipinski definition) is 5. The fourth-order valence-electron chi connectivity index (χ4n) is 3.87. The SMILES string of the molecule is CCOC(=O)CN(Cc1ccccc1)C(=O)CCN(CC(=O)Nc1cc(C)ccc1C)C1CC1. The van der Waals surface area contributed by atoms with Gasteiger partial charge in [0.15, 0.2) is 0 Å². The predicted octanol–water partition coefficient (Wildman–Crippen LogP) is 3.69. The molecule has 2 aromatic carbocycles. The van der Waals surface area contributed by atoms with Crippen LogP contribution in [-0.4, -0.2) is 59.9 Å². The standard InChI is InChI=1S/C27H35N3O4/c1-4-34-27(33)19-30(17-22-8-6-5-7-9-22)26(32)14-15-29(23-12-13-23)18-25(31)28-24-16-20(2)10-11-21(24)3/h5-11,16,23H,4,12-15,17-19H2,1-3H3,(H,28,31). The number of rotatable bonds is 12. The second kappa shape index (κ2) is 12.3. The largest absolute Gasteiger partial charge is 0.465 e. The molecule has 7 heteroatoms. The Labute approximate surface area is 202 Å². The van der Waals surface area contributed by atoms with E-state index >= 15 is 0 Å². The van der Waals surface area contributed by atoms with Gasteiger partial charge in [0, 0.05) is 31.2 Å². The normalized spacial score (nSPS) is 12.9. The molecule has 2 aromatic rings. The Hall–Kier alpha value is -3.19. The zero-order chi connectivity index (χ0) is 24.5. The second-order valence-electron chi connectivity index (χ2n) is 8.86. The summed E-state index contributed by atoms with van der Waals surface area (Å²) in [7, 11) is 0. The van der Waals surface area contributed by atoms with Crippen molar-refractivity contribution in [1.29, 1.82) is 0 Å². The quantitative estimate of drug-likeness (QED) is 0.484. The number of esters is 1. The average Bonchev–Trinajstić information content (AvgIpc) is 3.65. The van der Waals surface area contributed by atoms with Crippen LogP contribution in [0.2, 0.25) is 0 Å². The summed E-state index contributed by atoms with van der Waals surface area (Å²) in [6, 6.07) is 15.9. The summed E-state index contributed by atoms with van der Waals surface area (Å²) in [5, 5.41) is 3.01. The number of aryl methyl sites for hydroxylation is 2.